The molecule has 0 aliphatic carbocycles. The molecule has 27 heavy (non-hydrogen) atoms. The third-order valence-electron chi connectivity index (χ3n) is 4.18. The molecule has 3 heterocycles. The Balaban J connectivity index is 0.00000261. The Hall–Kier alpha value is -1.70. The molecule has 0 unspecified atom stereocenters. The van der Waals surface area contributed by atoms with Crippen LogP contribution in [0.25, 0.3) is 0 Å². The number of rotatable bonds is 4. The van der Waals surface area contributed by atoms with Crippen molar-refractivity contribution in [2.45, 2.75) is 6.54 Å². The highest BCUT2D eigenvalue weighted by atomic mass is 127. The minimum absolute atomic E-state index is 0. The molecule has 0 saturated carbocycles. The first kappa shape index (κ1) is 21.6. The molecule has 3 rings (SSSR count). The summed E-state index contributed by atoms with van der Waals surface area (Å²) in [5.41, 5.74) is 0. The highest BCUT2D eigenvalue weighted by Gasteiger charge is 2.22. The lowest BCUT2D eigenvalue weighted by Crippen LogP contribution is -2.52. The number of aliphatic imine (C=N–C) groups is 1. The number of hydrogen-bond acceptors (Lipinski definition) is 7. The SMILES string of the molecule is CN=C(NCc1nncn1C)N1CCN(c2ncc(Br)c(OC)n2)CC1.I. The van der Waals surface area contributed by atoms with Crippen LogP contribution >= 0.6 is 39.9 Å². The molecule has 0 amide bonds. The lowest BCUT2D eigenvalue weighted by atomic mass is 10.3. The number of hydrogen-bond donors (Lipinski definition) is 1. The van der Waals surface area contributed by atoms with Gasteiger partial charge in [0.1, 0.15) is 6.33 Å². The van der Waals surface area contributed by atoms with Gasteiger partial charge >= 0.3 is 0 Å². The van der Waals surface area contributed by atoms with Crippen molar-refractivity contribution in [1.82, 2.24) is 34.9 Å². The predicted molar refractivity (Wildman–Crippen MR) is 117 cm³/mol. The number of guanidine groups is 1. The summed E-state index contributed by atoms with van der Waals surface area (Å²) in [5, 5.41) is 11.3. The molecule has 1 aliphatic heterocycles. The van der Waals surface area contributed by atoms with E-state index in [9.17, 15) is 0 Å². The number of ether oxygens (including phenoxy) is 1. The molecular formula is C15H23BrIN9O. The van der Waals surface area contributed by atoms with Gasteiger partial charge in [-0.15, -0.1) is 34.2 Å². The van der Waals surface area contributed by atoms with Gasteiger partial charge in [0.25, 0.3) is 0 Å². The van der Waals surface area contributed by atoms with Crippen molar-refractivity contribution in [1.29, 1.82) is 0 Å². The first-order valence-electron chi connectivity index (χ1n) is 8.22. The fourth-order valence-electron chi connectivity index (χ4n) is 2.71. The number of methoxy groups -OCH3 is 1. The summed E-state index contributed by atoms with van der Waals surface area (Å²) in [4.78, 5) is 17.6. The van der Waals surface area contributed by atoms with E-state index in [0.29, 0.717) is 18.4 Å². The van der Waals surface area contributed by atoms with Gasteiger partial charge in [0.05, 0.1) is 24.3 Å². The third kappa shape index (κ3) is 5.18. The van der Waals surface area contributed by atoms with Crippen LogP contribution in [0.15, 0.2) is 22.0 Å². The zero-order valence-corrected chi connectivity index (χ0v) is 19.4. The second kappa shape index (κ2) is 10.0. The van der Waals surface area contributed by atoms with Crippen LogP contribution in [-0.2, 0) is 13.6 Å². The van der Waals surface area contributed by atoms with Crippen LogP contribution in [0.5, 0.6) is 5.88 Å². The van der Waals surface area contributed by atoms with Crippen LogP contribution in [0, 0.1) is 0 Å². The number of aryl methyl sites for hydroxylation is 1. The van der Waals surface area contributed by atoms with E-state index in [2.05, 4.69) is 56.2 Å². The van der Waals surface area contributed by atoms with Crippen LogP contribution < -0.4 is 15.0 Å². The van der Waals surface area contributed by atoms with E-state index >= 15 is 0 Å². The molecule has 1 aliphatic rings. The second-order valence-electron chi connectivity index (χ2n) is 5.76. The van der Waals surface area contributed by atoms with Gasteiger partial charge in [0.15, 0.2) is 11.8 Å². The molecule has 1 fully saturated rings. The molecular weight excluding hydrogens is 529 g/mol. The maximum absolute atomic E-state index is 5.25. The maximum atomic E-state index is 5.25. The predicted octanol–water partition coefficient (Wildman–Crippen LogP) is 0.892. The number of nitrogens with zero attached hydrogens (tertiary/aromatic N) is 8. The number of aromatic nitrogens is 5. The van der Waals surface area contributed by atoms with E-state index in [1.807, 2.05) is 11.6 Å². The standard InChI is InChI=1S/C15H22BrN9O.HI/c1-17-14(19-9-12-22-20-10-23(12)2)24-4-6-25(7-5-24)15-18-8-11(16)13(21-15)26-3;/h8,10H,4-7,9H2,1-3H3,(H,17,19);1H. The molecule has 0 bridgehead atoms. The summed E-state index contributed by atoms with van der Waals surface area (Å²) in [6, 6.07) is 0. The quantitative estimate of drug-likeness (QED) is 0.340. The van der Waals surface area contributed by atoms with Crippen LogP contribution in [0.3, 0.4) is 0 Å². The Morgan fingerprint density at radius 2 is 2.07 bits per heavy atom. The molecule has 2 aromatic rings. The van der Waals surface area contributed by atoms with Gasteiger partial charge in [-0.25, -0.2) is 4.98 Å². The second-order valence-corrected chi connectivity index (χ2v) is 6.61. The maximum Gasteiger partial charge on any atom is 0.232 e. The number of nitrogens with one attached hydrogen (secondary N) is 1. The van der Waals surface area contributed by atoms with E-state index in [1.54, 1.807) is 26.7 Å². The number of anilines is 1. The van der Waals surface area contributed by atoms with E-state index in [1.165, 1.54) is 0 Å². The van der Waals surface area contributed by atoms with E-state index in [-0.39, 0.29) is 24.0 Å². The van der Waals surface area contributed by atoms with Crippen molar-refractivity contribution in [2.75, 3.05) is 45.2 Å². The highest BCUT2D eigenvalue weighted by molar-refractivity contribution is 14.0. The van der Waals surface area contributed by atoms with Crippen molar-refractivity contribution in [3.8, 4) is 5.88 Å². The van der Waals surface area contributed by atoms with Gasteiger partial charge < -0.3 is 24.4 Å². The fraction of sp³-hybridized carbons (Fsp3) is 0.533. The lowest BCUT2D eigenvalue weighted by Gasteiger charge is -2.36. The Kier molecular flexibility index (Phi) is 8.01. The van der Waals surface area contributed by atoms with Crippen LogP contribution in [0.2, 0.25) is 0 Å². The van der Waals surface area contributed by atoms with Gasteiger partial charge in [0, 0.05) is 40.3 Å². The molecule has 0 aromatic carbocycles. The molecule has 0 atom stereocenters. The smallest absolute Gasteiger partial charge is 0.232 e. The zero-order valence-electron chi connectivity index (χ0n) is 15.5. The lowest BCUT2D eigenvalue weighted by molar-refractivity contribution is 0.365. The van der Waals surface area contributed by atoms with Crippen LogP contribution in [0.1, 0.15) is 5.82 Å². The molecule has 0 spiro atoms. The van der Waals surface area contributed by atoms with Gasteiger partial charge in [-0.1, -0.05) is 0 Å². The highest BCUT2D eigenvalue weighted by Crippen LogP contribution is 2.23. The van der Waals surface area contributed by atoms with Crippen LogP contribution in [0.4, 0.5) is 5.95 Å². The average molecular weight is 552 g/mol. The Morgan fingerprint density at radius 1 is 1.33 bits per heavy atom. The minimum atomic E-state index is 0. The van der Waals surface area contributed by atoms with Gasteiger partial charge in [-0.05, 0) is 15.9 Å². The molecule has 2 aromatic heterocycles. The van der Waals surface area contributed by atoms with E-state index < -0.39 is 0 Å². The third-order valence-corrected chi connectivity index (χ3v) is 4.72. The summed E-state index contributed by atoms with van der Waals surface area (Å²) in [5.74, 6) is 2.92. The number of halogens is 2. The molecule has 0 radical (unpaired) electrons. The van der Waals surface area contributed by atoms with Gasteiger partial charge in [-0.3, -0.25) is 4.99 Å². The number of piperazine rings is 1. The normalized spacial score (nSPS) is 14.7. The summed E-state index contributed by atoms with van der Waals surface area (Å²) < 4.78 is 7.88. The van der Waals surface area contributed by atoms with Gasteiger partial charge in [-0.2, -0.15) is 4.98 Å². The Labute approximate surface area is 183 Å². The fourth-order valence-corrected chi connectivity index (χ4v) is 3.07. The summed E-state index contributed by atoms with van der Waals surface area (Å²) in [6.07, 6.45) is 3.40. The summed E-state index contributed by atoms with van der Waals surface area (Å²) in [7, 11) is 5.31. The largest absolute Gasteiger partial charge is 0.480 e. The average Bonchev–Trinajstić information content (AvgIpc) is 3.08. The van der Waals surface area contributed by atoms with Crippen molar-refractivity contribution in [3.05, 3.63) is 22.8 Å². The summed E-state index contributed by atoms with van der Waals surface area (Å²) in [6.45, 7) is 3.82. The monoisotopic (exact) mass is 551 g/mol. The molecule has 12 heteroatoms. The molecule has 148 valence electrons. The van der Waals surface area contributed by atoms with Crippen molar-refractivity contribution < 1.29 is 4.74 Å². The van der Waals surface area contributed by atoms with Crippen LogP contribution in [-0.4, -0.2) is 75.9 Å². The summed E-state index contributed by atoms with van der Waals surface area (Å²) >= 11 is 3.38. The Morgan fingerprint density at radius 3 is 2.67 bits per heavy atom. The minimum Gasteiger partial charge on any atom is -0.480 e. The molecule has 10 nitrogen and oxygen atoms in total. The Bertz CT molecular complexity index is 776. The van der Waals surface area contributed by atoms with Crippen molar-refractivity contribution >= 4 is 51.8 Å². The molecule has 1 saturated heterocycles. The zero-order chi connectivity index (χ0) is 18.5. The first-order valence-corrected chi connectivity index (χ1v) is 9.01. The van der Waals surface area contributed by atoms with E-state index in [0.717, 1.165) is 42.4 Å². The van der Waals surface area contributed by atoms with E-state index in [4.69, 9.17) is 4.74 Å². The van der Waals surface area contributed by atoms with Crippen molar-refractivity contribution in [3.63, 3.8) is 0 Å². The molecule has 1 N–H and O–H groups in total. The van der Waals surface area contributed by atoms with Crippen molar-refractivity contribution in [2.24, 2.45) is 12.0 Å². The first-order chi connectivity index (χ1) is 12.6. The van der Waals surface area contributed by atoms with Gasteiger partial charge in [0.2, 0.25) is 11.8 Å². The topological polar surface area (TPSA) is 96.6 Å².